The summed E-state index contributed by atoms with van der Waals surface area (Å²) in [5.41, 5.74) is 2.93. The molecule has 2 unspecified atom stereocenters. The number of fused-ring (bicyclic) bond motifs is 1. The van der Waals surface area contributed by atoms with Crippen molar-refractivity contribution in [3.8, 4) is 0 Å². The first-order valence-electron chi connectivity index (χ1n) is 6.65. The number of hydrogen-bond acceptors (Lipinski definition) is 2. The maximum atomic E-state index is 5.31. The van der Waals surface area contributed by atoms with E-state index in [1.807, 2.05) is 0 Å². The van der Waals surface area contributed by atoms with Crippen molar-refractivity contribution < 1.29 is 4.74 Å². The van der Waals surface area contributed by atoms with E-state index in [4.69, 9.17) is 4.74 Å². The molecule has 3 heteroatoms. The lowest BCUT2D eigenvalue weighted by Crippen LogP contribution is -2.39. The fraction of sp³-hybridized carbons (Fsp3) is 0.600. The van der Waals surface area contributed by atoms with Gasteiger partial charge in [-0.05, 0) is 42.0 Å². The lowest BCUT2D eigenvalue weighted by atomic mass is 10.0. The number of methoxy groups -OCH3 is 1. The van der Waals surface area contributed by atoms with E-state index in [0.717, 1.165) is 6.61 Å². The number of nitrogens with one attached hydrogen (secondary N) is 1. The molecule has 0 radical (unpaired) electrons. The summed E-state index contributed by atoms with van der Waals surface area (Å²) >= 11 is 3.54. The number of benzene rings is 1. The van der Waals surface area contributed by atoms with E-state index in [9.17, 15) is 0 Å². The van der Waals surface area contributed by atoms with Gasteiger partial charge in [-0.2, -0.15) is 0 Å². The molecule has 1 N–H and O–H groups in total. The van der Waals surface area contributed by atoms with Crippen LogP contribution in [0.1, 0.15) is 37.4 Å². The second kappa shape index (κ2) is 6.18. The zero-order valence-corrected chi connectivity index (χ0v) is 13.0. The van der Waals surface area contributed by atoms with Gasteiger partial charge in [0.15, 0.2) is 0 Å². The van der Waals surface area contributed by atoms with Gasteiger partial charge in [0.25, 0.3) is 0 Å². The summed E-state index contributed by atoms with van der Waals surface area (Å²) in [6.45, 7) is 5.27. The van der Waals surface area contributed by atoms with E-state index in [0.29, 0.717) is 18.0 Å². The Kier molecular flexibility index (Phi) is 4.82. The van der Waals surface area contributed by atoms with Gasteiger partial charge in [0.1, 0.15) is 0 Å². The molecule has 0 saturated carbocycles. The molecule has 2 atom stereocenters. The number of ether oxygens (including phenoxy) is 1. The monoisotopic (exact) mass is 311 g/mol. The molecule has 1 aromatic carbocycles. The van der Waals surface area contributed by atoms with E-state index in [-0.39, 0.29) is 0 Å². The van der Waals surface area contributed by atoms with Crippen molar-refractivity contribution in [2.45, 2.75) is 38.8 Å². The van der Waals surface area contributed by atoms with Crippen molar-refractivity contribution in [1.82, 2.24) is 5.32 Å². The lowest BCUT2D eigenvalue weighted by molar-refractivity contribution is 0.140. The predicted molar refractivity (Wildman–Crippen MR) is 78.8 cm³/mol. The normalized spacial score (nSPS) is 20.2. The number of hydrogen-bond donors (Lipinski definition) is 1. The molecule has 0 heterocycles. The van der Waals surface area contributed by atoms with Gasteiger partial charge in [-0.15, -0.1) is 0 Å². The molecule has 0 aliphatic heterocycles. The molecule has 2 nitrogen and oxygen atoms in total. The third-order valence-electron chi connectivity index (χ3n) is 3.75. The Labute approximate surface area is 118 Å². The van der Waals surface area contributed by atoms with Gasteiger partial charge in [0, 0.05) is 23.7 Å². The Morgan fingerprint density at radius 3 is 2.89 bits per heavy atom. The molecule has 1 aliphatic carbocycles. The second-order valence-corrected chi connectivity index (χ2v) is 6.32. The first-order valence-corrected chi connectivity index (χ1v) is 7.44. The van der Waals surface area contributed by atoms with Crippen LogP contribution in [-0.4, -0.2) is 19.8 Å². The van der Waals surface area contributed by atoms with E-state index in [2.05, 4.69) is 53.3 Å². The van der Waals surface area contributed by atoms with Gasteiger partial charge in [-0.25, -0.2) is 0 Å². The standard InChI is InChI=1S/C15H22BrNO/c1-10(2)15(9-18-3)17-14-7-4-11-8-12(16)5-6-13(11)14/h5-6,8,10,14-15,17H,4,7,9H2,1-3H3. The van der Waals surface area contributed by atoms with Gasteiger partial charge in [-0.1, -0.05) is 35.8 Å². The SMILES string of the molecule is COCC(NC1CCc2cc(Br)ccc21)C(C)C. The molecule has 2 rings (SSSR count). The quantitative estimate of drug-likeness (QED) is 0.895. The highest BCUT2D eigenvalue weighted by atomic mass is 79.9. The van der Waals surface area contributed by atoms with Crippen LogP contribution in [0.25, 0.3) is 0 Å². The molecule has 0 spiro atoms. The smallest absolute Gasteiger partial charge is 0.0618 e. The summed E-state index contributed by atoms with van der Waals surface area (Å²) in [4.78, 5) is 0. The maximum absolute atomic E-state index is 5.31. The lowest BCUT2D eigenvalue weighted by Gasteiger charge is -2.26. The largest absolute Gasteiger partial charge is 0.383 e. The van der Waals surface area contributed by atoms with Gasteiger partial charge in [0.2, 0.25) is 0 Å². The molecule has 0 aromatic heterocycles. The average molecular weight is 312 g/mol. The number of halogens is 1. The van der Waals surface area contributed by atoms with Crippen molar-refractivity contribution in [1.29, 1.82) is 0 Å². The van der Waals surface area contributed by atoms with Crippen LogP contribution in [-0.2, 0) is 11.2 Å². The molecule has 0 saturated heterocycles. The van der Waals surface area contributed by atoms with Crippen LogP contribution in [0.2, 0.25) is 0 Å². The molecule has 0 bridgehead atoms. The Balaban J connectivity index is 2.08. The van der Waals surface area contributed by atoms with Crippen LogP contribution in [0.15, 0.2) is 22.7 Å². The van der Waals surface area contributed by atoms with Crippen LogP contribution in [0.3, 0.4) is 0 Å². The minimum absolute atomic E-state index is 0.426. The van der Waals surface area contributed by atoms with Crippen LogP contribution >= 0.6 is 15.9 Å². The van der Waals surface area contributed by atoms with E-state index in [1.165, 1.54) is 28.4 Å². The molecule has 0 amide bonds. The summed E-state index contributed by atoms with van der Waals surface area (Å²) in [6.07, 6.45) is 2.36. The minimum Gasteiger partial charge on any atom is -0.383 e. The number of rotatable bonds is 5. The molecular weight excluding hydrogens is 290 g/mol. The highest BCUT2D eigenvalue weighted by molar-refractivity contribution is 9.10. The summed E-state index contributed by atoms with van der Waals surface area (Å²) in [6, 6.07) is 7.54. The molecule has 1 aliphatic rings. The van der Waals surface area contributed by atoms with Crippen LogP contribution in [0, 0.1) is 5.92 Å². The summed E-state index contributed by atoms with van der Waals surface area (Å²) in [7, 11) is 1.77. The summed E-state index contributed by atoms with van der Waals surface area (Å²) in [5.74, 6) is 0.587. The van der Waals surface area contributed by atoms with E-state index in [1.54, 1.807) is 7.11 Å². The fourth-order valence-electron chi connectivity index (χ4n) is 2.63. The average Bonchev–Trinajstić information content (AvgIpc) is 2.71. The zero-order valence-electron chi connectivity index (χ0n) is 11.4. The summed E-state index contributed by atoms with van der Waals surface area (Å²) < 4.78 is 6.49. The second-order valence-electron chi connectivity index (χ2n) is 5.41. The van der Waals surface area contributed by atoms with Crippen molar-refractivity contribution in [2.75, 3.05) is 13.7 Å². The van der Waals surface area contributed by atoms with Crippen molar-refractivity contribution in [3.63, 3.8) is 0 Å². The van der Waals surface area contributed by atoms with Crippen molar-refractivity contribution in [2.24, 2.45) is 5.92 Å². The van der Waals surface area contributed by atoms with Crippen molar-refractivity contribution in [3.05, 3.63) is 33.8 Å². The molecule has 100 valence electrons. The summed E-state index contributed by atoms with van der Waals surface area (Å²) in [5, 5.41) is 3.75. The minimum atomic E-state index is 0.426. The first kappa shape index (κ1) is 14.0. The third-order valence-corrected chi connectivity index (χ3v) is 4.24. The third kappa shape index (κ3) is 3.14. The highest BCUT2D eigenvalue weighted by Gasteiger charge is 2.25. The van der Waals surface area contributed by atoms with Gasteiger partial charge < -0.3 is 10.1 Å². The Bertz CT molecular complexity index is 405. The molecule has 0 fully saturated rings. The predicted octanol–water partition coefficient (Wildman–Crippen LogP) is 3.70. The molecule has 1 aromatic rings. The van der Waals surface area contributed by atoms with Gasteiger partial charge >= 0.3 is 0 Å². The fourth-order valence-corrected chi connectivity index (χ4v) is 3.04. The highest BCUT2D eigenvalue weighted by Crippen LogP contribution is 2.33. The first-order chi connectivity index (χ1) is 8.61. The van der Waals surface area contributed by atoms with Gasteiger partial charge in [-0.3, -0.25) is 0 Å². The maximum Gasteiger partial charge on any atom is 0.0618 e. The Hall–Kier alpha value is -0.380. The Morgan fingerprint density at radius 2 is 2.22 bits per heavy atom. The number of aryl methyl sites for hydroxylation is 1. The van der Waals surface area contributed by atoms with Crippen molar-refractivity contribution >= 4 is 15.9 Å². The van der Waals surface area contributed by atoms with Crippen LogP contribution < -0.4 is 5.32 Å². The van der Waals surface area contributed by atoms with Crippen LogP contribution in [0.4, 0.5) is 0 Å². The topological polar surface area (TPSA) is 21.3 Å². The van der Waals surface area contributed by atoms with Gasteiger partial charge in [0.05, 0.1) is 6.61 Å². The van der Waals surface area contributed by atoms with E-state index >= 15 is 0 Å². The zero-order chi connectivity index (χ0) is 13.1. The van der Waals surface area contributed by atoms with Crippen LogP contribution in [0.5, 0.6) is 0 Å². The molecular formula is C15H22BrNO. The van der Waals surface area contributed by atoms with E-state index < -0.39 is 0 Å². The molecule has 18 heavy (non-hydrogen) atoms. The Morgan fingerprint density at radius 1 is 1.44 bits per heavy atom.